The predicted molar refractivity (Wildman–Crippen MR) is 78.7 cm³/mol. The van der Waals surface area contributed by atoms with E-state index in [2.05, 4.69) is 10.3 Å². The standard InChI is InChI=1S/C16H19N3O/c20-16(12-3-4-14-11(8-12)5-7-18-14)19-9-13-2-1-6-17-15(13)10-19/h3-5,7-8,13,15,17-18H,1-2,6,9-10H2. The minimum atomic E-state index is 0.171. The first-order valence-corrected chi connectivity index (χ1v) is 7.41. The number of piperidine rings is 1. The van der Waals surface area contributed by atoms with E-state index in [1.54, 1.807) is 0 Å². The number of carbonyl (C=O) groups excluding carboxylic acids is 1. The maximum absolute atomic E-state index is 12.6. The van der Waals surface area contributed by atoms with Crippen LogP contribution in [0.4, 0.5) is 0 Å². The Hall–Kier alpha value is -1.81. The molecular formula is C16H19N3O. The number of amides is 1. The van der Waals surface area contributed by atoms with E-state index in [1.807, 2.05) is 35.4 Å². The van der Waals surface area contributed by atoms with Gasteiger partial charge in [-0.2, -0.15) is 0 Å². The maximum Gasteiger partial charge on any atom is 0.253 e. The van der Waals surface area contributed by atoms with Crippen LogP contribution in [0.1, 0.15) is 23.2 Å². The zero-order valence-electron chi connectivity index (χ0n) is 11.4. The Morgan fingerprint density at radius 3 is 3.10 bits per heavy atom. The molecule has 0 spiro atoms. The predicted octanol–water partition coefficient (Wildman–Crippen LogP) is 1.99. The van der Waals surface area contributed by atoms with Gasteiger partial charge in [0.2, 0.25) is 0 Å². The number of hydrogen-bond acceptors (Lipinski definition) is 2. The van der Waals surface area contributed by atoms with Gasteiger partial charge in [0.25, 0.3) is 5.91 Å². The summed E-state index contributed by atoms with van der Waals surface area (Å²) in [6.07, 6.45) is 4.39. The molecule has 0 bridgehead atoms. The highest BCUT2D eigenvalue weighted by Gasteiger charge is 2.36. The molecule has 2 atom stereocenters. The van der Waals surface area contributed by atoms with Crippen LogP contribution >= 0.6 is 0 Å². The minimum Gasteiger partial charge on any atom is -0.361 e. The molecule has 2 aliphatic rings. The topological polar surface area (TPSA) is 48.1 Å². The fraction of sp³-hybridized carbons (Fsp3) is 0.438. The number of nitrogens with zero attached hydrogens (tertiary/aromatic N) is 1. The quantitative estimate of drug-likeness (QED) is 0.832. The van der Waals surface area contributed by atoms with Crippen LogP contribution in [0.3, 0.4) is 0 Å². The van der Waals surface area contributed by atoms with Crippen molar-refractivity contribution in [3.05, 3.63) is 36.0 Å². The van der Waals surface area contributed by atoms with Crippen LogP contribution in [0.2, 0.25) is 0 Å². The zero-order chi connectivity index (χ0) is 13.5. The molecule has 0 radical (unpaired) electrons. The van der Waals surface area contributed by atoms with Gasteiger partial charge in [-0.3, -0.25) is 4.79 Å². The summed E-state index contributed by atoms with van der Waals surface area (Å²) >= 11 is 0. The summed E-state index contributed by atoms with van der Waals surface area (Å²) in [5.74, 6) is 0.813. The summed E-state index contributed by atoms with van der Waals surface area (Å²) in [5.41, 5.74) is 1.88. The third kappa shape index (κ3) is 1.91. The first-order valence-electron chi connectivity index (χ1n) is 7.41. The van der Waals surface area contributed by atoms with Crippen molar-refractivity contribution in [2.75, 3.05) is 19.6 Å². The Morgan fingerprint density at radius 2 is 2.20 bits per heavy atom. The van der Waals surface area contributed by atoms with Crippen LogP contribution < -0.4 is 5.32 Å². The second-order valence-electron chi connectivity index (χ2n) is 5.95. The van der Waals surface area contributed by atoms with Gasteiger partial charge in [-0.1, -0.05) is 0 Å². The summed E-state index contributed by atoms with van der Waals surface area (Å²) in [5, 5.41) is 4.65. The molecule has 2 N–H and O–H groups in total. The third-order valence-corrected chi connectivity index (χ3v) is 4.69. The third-order valence-electron chi connectivity index (χ3n) is 4.69. The molecule has 2 unspecified atom stereocenters. The Bertz CT molecular complexity index is 634. The van der Waals surface area contributed by atoms with Gasteiger partial charge in [0.1, 0.15) is 0 Å². The van der Waals surface area contributed by atoms with Crippen molar-refractivity contribution in [3.63, 3.8) is 0 Å². The van der Waals surface area contributed by atoms with Gasteiger partial charge in [-0.15, -0.1) is 0 Å². The highest BCUT2D eigenvalue weighted by molar-refractivity contribution is 5.98. The van der Waals surface area contributed by atoms with Crippen molar-refractivity contribution in [2.24, 2.45) is 5.92 Å². The van der Waals surface area contributed by atoms with Crippen LogP contribution in [0, 0.1) is 5.92 Å². The fourth-order valence-electron chi connectivity index (χ4n) is 3.58. The Morgan fingerprint density at radius 1 is 1.25 bits per heavy atom. The number of nitrogens with one attached hydrogen (secondary N) is 2. The normalized spacial score (nSPS) is 25.9. The molecule has 2 aromatic rings. The molecule has 2 saturated heterocycles. The van der Waals surface area contributed by atoms with Crippen molar-refractivity contribution in [1.82, 2.24) is 15.2 Å². The van der Waals surface area contributed by atoms with Crippen LogP contribution in [-0.2, 0) is 0 Å². The molecule has 1 aromatic heterocycles. The summed E-state index contributed by atoms with van der Waals surface area (Å²) in [7, 11) is 0. The number of fused-ring (bicyclic) bond motifs is 2. The molecule has 4 rings (SSSR count). The molecule has 2 fully saturated rings. The molecule has 2 aliphatic heterocycles. The summed E-state index contributed by atoms with van der Waals surface area (Å²) in [4.78, 5) is 17.8. The lowest BCUT2D eigenvalue weighted by atomic mass is 9.94. The number of H-pyrrole nitrogens is 1. The van der Waals surface area contributed by atoms with Gasteiger partial charge < -0.3 is 15.2 Å². The molecule has 1 amide bonds. The van der Waals surface area contributed by atoms with E-state index >= 15 is 0 Å². The number of likely N-dealkylation sites (tertiary alicyclic amines) is 1. The number of carbonyl (C=O) groups is 1. The van der Waals surface area contributed by atoms with Crippen LogP contribution in [0.25, 0.3) is 10.9 Å². The van der Waals surface area contributed by atoms with Gasteiger partial charge in [0.15, 0.2) is 0 Å². The van der Waals surface area contributed by atoms with Crippen molar-refractivity contribution in [2.45, 2.75) is 18.9 Å². The van der Waals surface area contributed by atoms with Crippen molar-refractivity contribution in [3.8, 4) is 0 Å². The van der Waals surface area contributed by atoms with Gasteiger partial charge in [0.05, 0.1) is 0 Å². The average Bonchev–Trinajstić information content (AvgIpc) is 3.11. The molecule has 1 aromatic carbocycles. The highest BCUT2D eigenvalue weighted by atomic mass is 16.2. The van der Waals surface area contributed by atoms with Crippen LogP contribution in [-0.4, -0.2) is 41.5 Å². The number of aromatic amines is 1. The number of aromatic nitrogens is 1. The number of benzene rings is 1. The first kappa shape index (κ1) is 12.0. The lowest BCUT2D eigenvalue weighted by molar-refractivity contribution is 0.0786. The molecule has 4 heteroatoms. The summed E-state index contributed by atoms with van der Waals surface area (Å²) in [6, 6.07) is 8.42. The first-order chi connectivity index (χ1) is 9.81. The molecule has 4 nitrogen and oxygen atoms in total. The SMILES string of the molecule is O=C(c1ccc2[nH]ccc2c1)N1CC2CCCNC2C1. The molecule has 0 aliphatic carbocycles. The molecule has 20 heavy (non-hydrogen) atoms. The second kappa shape index (κ2) is 4.63. The van der Waals surface area contributed by atoms with E-state index in [1.165, 1.54) is 12.8 Å². The van der Waals surface area contributed by atoms with Gasteiger partial charge >= 0.3 is 0 Å². The fourth-order valence-corrected chi connectivity index (χ4v) is 3.58. The molecular weight excluding hydrogens is 250 g/mol. The van der Waals surface area contributed by atoms with E-state index in [0.29, 0.717) is 12.0 Å². The number of hydrogen-bond donors (Lipinski definition) is 2. The lowest BCUT2D eigenvalue weighted by Crippen LogP contribution is -2.41. The van der Waals surface area contributed by atoms with Gasteiger partial charge in [0, 0.05) is 41.8 Å². The maximum atomic E-state index is 12.6. The van der Waals surface area contributed by atoms with E-state index in [0.717, 1.165) is 36.1 Å². The molecule has 0 saturated carbocycles. The summed E-state index contributed by atoms with van der Waals surface area (Å²) < 4.78 is 0. The summed E-state index contributed by atoms with van der Waals surface area (Å²) in [6.45, 7) is 2.86. The molecule has 104 valence electrons. The van der Waals surface area contributed by atoms with Crippen LogP contribution in [0.5, 0.6) is 0 Å². The van der Waals surface area contributed by atoms with Crippen LogP contribution in [0.15, 0.2) is 30.5 Å². The van der Waals surface area contributed by atoms with E-state index < -0.39 is 0 Å². The van der Waals surface area contributed by atoms with Crippen molar-refractivity contribution < 1.29 is 4.79 Å². The van der Waals surface area contributed by atoms with E-state index in [4.69, 9.17) is 0 Å². The monoisotopic (exact) mass is 269 g/mol. The van der Waals surface area contributed by atoms with Crippen molar-refractivity contribution >= 4 is 16.8 Å². The zero-order valence-corrected chi connectivity index (χ0v) is 11.4. The van der Waals surface area contributed by atoms with Gasteiger partial charge in [-0.05, 0) is 49.6 Å². The smallest absolute Gasteiger partial charge is 0.253 e. The Labute approximate surface area is 118 Å². The Kier molecular flexibility index (Phi) is 2.77. The largest absolute Gasteiger partial charge is 0.361 e. The second-order valence-corrected chi connectivity index (χ2v) is 5.95. The van der Waals surface area contributed by atoms with E-state index in [-0.39, 0.29) is 5.91 Å². The Balaban J connectivity index is 1.57. The van der Waals surface area contributed by atoms with Crippen molar-refractivity contribution in [1.29, 1.82) is 0 Å². The average molecular weight is 269 g/mol. The van der Waals surface area contributed by atoms with E-state index in [9.17, 15) is 4.79 Å². The number of rotatable bonds is 1. The molecule has 3 heterocycles. The van der Waals surface area contributed by atoms with Gasteiger partial charge in [-0.25, -0.2) is 0 Å². The lowest BCUT2D eigenvalue weighted by Gasteiger charge is -2.24. The minimum absolute atomic E-state index is 0.171. The highest BCUT2D eigenvalue weighted by Crippen LogP contribution is 2.26.